The molecule has 0 aliphatic carbocycles. The van der Waals surface area contributed by atoms with Crippen LogP contribution >= 0.6 is 0 Å². The summed E-state index contributed by atoms with van der Waals surface area (Å²) in [6.07, 6.45) is 3.12. The highest BCUT2D eigenvalue weighted by Crippen LogP contribution is 2.08. The lowest BCUT2D eigenvalue weighted by Gasteiger charge is -2.07. The summed E-state index contributed by atoms with van der Waals surface area (Å²) in [5.74, 6) is 0. The molecule has 0 saturated heterocycles. The van der Waals surface area contributed by atoms with Crippen molar-refractivity contribution in [2.45, 2.75) is 13.5 Å². The van der Waals surface area contributed by atoms with Gasteiger partial charge in [0.1, 0.15) is 11.7 Å². The molecule has 5 heteroatoms. The van der Waals surface area contributed by atoms with E-state index in [1.807, 2.05) is 31.2 Å². The Kier molecular flexibility index (Phi) is 2.44. The molecule has 5 nitrogen and oxygen atoms in total. The van der Waals surface area contributed by atoms with Gasteiger partial charge in [-0.3, -0.25) is 14.5 Å². The first kappa shape index (κ1) is 10.7. The fraction of sp³-hybridized carbons (Fsp3) is 0.154. The number of fused-ring (bicyclic) bond motifs is 1. The van der Waals surface area contributed by atoms with Gasteiger partial charge in [-0.05, 0) is 18.1 Å². The normalized spacial score (nSPS) is 10.9. The smallest absolute Gasteiger partial charge is 0.264 e. The van der Waals surface area contributed by atoms with Crippen LogP contribution in [0.3, 0.4) is 0 Å². The number of aromatic amines is 1. The highest BCUT2D eigenvalue weighted by Gasteiger charge is 2.06. The molecule has 2 aromatic heterocycles. The molecule has 0 aliphatic rings. The average Bonchev–Trinajstić information content (AvgIpc) is 2.84. The summed E-state index contributed by atoms with van der Waals surface area (Å²) >= 11 is 0. The van der Waals surface area contributed by atoms with E-state index in [1.54, 1.807) is 10.8 Å². The third-order valence-corrected chi connectivity index (χ3v) is 3.03. The lowest BCUT2D eigenvalue weighted by molar-refractivity contribution is 0.744. The van der Waals surface area contributed by atoms with Gasteiger partial charge >= 0.3 is 0 Å². The molecule has 0 amide bonds. The van der Waals surface area contributed by atoms with E-state index < -0.39 is 0 Å². The van der Waals surface area contributed by atoms with Gasteiger partial charge in [-0.2, -0.15) is 5.10 Å². The van der Waals surface area contributed by atoms with E-state index in [0.717, 1.165) is 11.1 Å². The quantitative estimate of drug-likeness (QED) is 0.737. The third kappa shape index (κ3) is 1.69. The lowest BCUT2D eigenvalue weighted by atomic mass is 10.1. The Morgan fingerprint density at radius 3 is 3.00 bits per heavy atom. The second kappa shape index (κ2) is 4.10. The van der Waals surface area contributed by atoms with Crippen molar-refractivity contribution >= 4 is 11.0 Å². The number of hydrogen-bond donors (Lipinski definition) is 1. The Morgan fingerprint density at radius 1 is 1.33 bits per heavy atom. The van der Waals surface area contributed by atoms with Gasteiger partial charge in [-0.25, -0.2) is 4.98 Å². The summed E-state index contributed by atoms with van der Waals surface area (Å²) in [4.78, 5) is 16.3. The van der Waals surface area contributed by atoms with Gasteiger partial charge in [0.2, 0.25) is 0 Å². The van der Waals surface area contributed by atoms with Crippen LogP contribution in [0.1, 0.15) is 11.1 Å². The predicted octanol–water partition coefficient (Wildman–Crippen LogP) is 1.48. The summed E-state index contributed by atoms with van der Waals surface area (Å²) in [6, 6.07) is 8.00. The zero-order valence-corrected chi connectivity index (χ0v) is 9.92. The maximum atomic E-state index is 12.2. The maximum Gasteiger partial charge on any atom is 0.264 e. The monoisotopic (exact) mass is 240 g/mol. The molecule has 0 saturated carbocycles. The van der Waals surface area contributed by atoms with Gasteiger partial charge in [-0.15, -0.1) is 0 Å². The minimum atomic E-state index is -0.0722. The van der Waals surface area contributed by atoms with Crippen LogP contribution in [0.2, 0.25) is 0 Å². The minimum absolute atomic E-state index is 0.0722. The van der Waals surface area contributed by atoms with Gasteiger partial charge in [0.25, 0.3) is 5.56 Å². The van der Waals surface area contributed by atoms with E-state index in [1.165, 1.54) is 6.33 Å². The summed E-state index contributed by atoms with van der Waals surface area (Å²) in [7, 11) is 0. The van der Waals surface area contributed by atoms with Crippen LogP contribution in [-0.2, 0) is 6.54 Å². The number of hydrogen-bond acceptors (Lipinski definition) is 3. The Labute approximate surface area is 103 Å². The van der Waals surface area contributed by atoms with Gasteiger partial charge in [0.15, 0.2) is 5.65 Å². The summed E-state index contributed by atoms with van der Waals surface area (Å²) < 4.78 is 1.60. The molecule has 1 aromatic carbocycles. The number of benzene rings is 1. The molecule has 2 heterocycles. The number of nitrogens with zero attached hydrogens (tertiary/aromatic N) is 3. The van der Waals surface area contributed by atoms with Crippen LogP contribution in [-0.4, -0.2) is 19.7 Å². The number of nitrogens with one attached hydrogen (secondary N) is 1. The minimum Gasteiger partial charge on any atom is -0.294 e. The van der Waals surface area contributed by atoms with Crippen molar-refractivity contribution in [1.29, 1.82) is 0 Å². The molecule has 3 aromatic rings. The van der Waals surface area contributed by atoms with E-state index in [-0.39, 0.29) is 5.56 Å². The Balaban J connectivity index is 2.08. The van der Waals surface area contributed by atoms with Crippen LogP contribution < -0.4 is 5.56 Å². The molecule has 18 heavy (non-hydrogen) atoms. The highest BCUT2D eigenvalue weighted by molar-refractivity contribution is 5.71. The largest absolute Gasteiger partial charge is 0.294 e. The Morgan fingerprint density at radius 2 is 2.17 bits per heavy atom. The van der Waals surface area contributed by atoms with E-state index in [0.29, 0.717) is 17.6 Å². The van der Waals surface area contributed by atoms with Crippen LogP contribution in [0, 0.1) is 6.92 Å². The van der Waals surface area contributed by atoms with Gasteiger partial charge in [0, 0.05) is 6.20 Å². The standard InChI is InChI=1S/C13H12N4O/c1-9-4-2-3-5-10(9)7-17-8-14-12-11(13(17)18)6-15-16-12/h2-6,8H,7H2,1H3,(H,15,16). The van der Waals surface area contributed by atoms with E-state index in [4.69, 9.17) is 0 Å². The SMILES string of the molecule is Cc1ccccc1Cn1cnc2n[nH]cc2c1=O. The number of aryl methyl sites for hydroxylation is 1. The van der Waals surface area contributed by atoms with E-state index in [9.17, 15) is 4.79 Å². The molecule has 1 N–H and O–H groups in total. The topological polar surface area (TPSA) is 63.6 Å². The summed E-state index contributed by atoms with van der Waals surface area (Å²) in [5.41, 5.74) is 2.67. The van der Waals surface area contributed by atoms with Crippen molar-refractivity contribution in [3.8, 4) is 0 Å². The first-order chi connectivity index (χ1) is 8.75. The van der Waals surface area contributed by atoms with E-state index in [2.05, 4.69) is 15.2 Å². The lowest BCUT2D eigenvalue weighted by Crippen LogP contribution is -2.21. The van der Waals surface area contributed by atoms with Crippen molar-refractivity contribution in [2.24, 2.45) is 0 Å². The molecule has 0 fully saturated rings. The van der Waals surface area contributed by atoms with Gasteiger partial charge in [0.05, 0.1) is 6.54 Å². The molecule has 0 atom stereocenters. The predicted molar refractivity (Wildman–Crippen MR) is 68.4 cm³/mol. The molecule has 0 unspecified atom stereocenters. The van der Waals surface area contributed by atoms with Gasteiger partial charge in [-0.1, -0.05) is 24.3 Å². The van der Waals surface area contributed by atoms with Crippen molar-refractivity contribution < 1.29 is 0 Å². The van der Waals surface area contributed by atoms with Crippen molar-refractivity contribution in [1.82, 2.24) is 19.7 Å². The van der Waals surface area contributed by atoms with Crippen LogP contribution in [0.5, 0.6) is 0 Å². The van der Waals surface area contributed by atoms with Crippen LogP contribution in [0.15, 0.2) is 41.6 Å². The summed E-state index contributed by atoms with van der Waals surface area (Å²) in [6.45, 7) is 2.56. The molecule has 3 rings (SSSR count). The second-order valence-electron chi connectivity index (χ2n) is 4.23. The first-order valence-corrected chi connectivity index (χ1v) is 5.69. The van der Waals surface area contributed by atoms with Crippen LogP contribution in [0.4, 0.5) is 0 Å². The first-order valence-electron chi connectivity index (χ1n) is 5.69. The number of rotatable bonds is 2. The van der Waals surface area contributed by atoms with Crippen molar-refractivity contribution in [2.75, 3.05) is 0 Å². The Bertz CT molecular complexity index is 757. The number of aromatic nitrogens is 4. The molecule has 0 bridgehead atoms. The molecule has 0 spiro atoms. The second-order valence-corrected chi connectivity index (χ2v) is 4.23. The zero-order chi connectivity index (χ0) is 12.5. The highest BCUT2D eigenvalue weighted by atomic mass is 16.1. The molecular formula is C13H12N4O. The van der Waals surface area contributed by atoms with Crippen molar-refractivity contribution in [3.05, 3.63) is 58.3 Å². The Hall–Kier alpha value is -2.43. The maximum absolute atomic E-state index is 12.2. The third-order valence-electron chi connectivity index (χ3n) is 3.03. The molecule has 0 aliphatic heterocycles. The van der Waals surface area contributed by atoms with Crippen molar-refractivity contribution in [3.63, 3.8) is 0 Å². The number of H-pyrrole nitrogens is 1. The molecule has 0 radical (unpaired) electrons. The average molecular weight is 240 g/mol. The fourth-order valence-electron chi connectivity index (χ4n) is 1.95. The van der Waals surface area contributed by atoms with E-state index >= 15 is 0 Å². The van der Waals surface area contributed by atoms with Crippen LogP contribution in [0.25, 0.3) is 11.0 Å². The summed E-state index contributed by atoms with van der Waals surface area (Å²) in [5, 5.41) is 7.07. The van der Waals surface area contributed by atoms with Gasteiger partial charge < -0.3 is 0 Å². The zero-order valence-electron chi connectivity index (χ0n) is 9.92. The molecule has 90 valence electrons. The molecular weight excluding hydrogens is 228 g/mol. The fourth-order valence-corrected chi connectivity index (χ4v) is 1.95.